The maximum absolute atomic E-state index is 13.8. The van der Waals surface area contributed by atoms with E-state index < -0.39 is 17.7 Å². The van der Waals surface area contributed by atoms with Gasteiger partial charge in [0.1, 0.15) is 11.6 Å². The molecule has 13 atom stereocenters. The second kappa shape index (κ2) is 12.4. The van der Waals surface area contributed by atoms with Gasteiger partial charge in [0, 0.05) is 37.5 Å². The van der Waals surface area contributed by atoms with E-state index >= 15 is 0 Å². The van der Waals surface area contributed by atoms with Crippen molar-refractivity contribution in [2.24, 2.45) is 56.7 Å². The third-order valence-corrected chi connectivity index (χ3v) is 17.3. The zero-order chi connectivity index (χ0) is 36.4. The standard InChI is InChI=1S/C43H62F2N2O5/c1-25-16-30(22-46-21-27-17-28(44)20-29(45)18-27)51-37-36(25)40(4)12-13-43-24-42(43)11-10-33(39(2,3)31(42)8-9-32(43)41(40,5)38(37)49)52-35-23-47(14-15-50-35)34(48)19-26-6-7-26/h17-18,20,25-26,30-33,35-38,46,49H,6-16,19,21-24H2,1-5H3/t25-,30?,31+,32+,33?,35+,36?,37?,38+,40-,41-,42-,43?/m1/s1. The van der Waals surface area contributed by atoms with Crippen molar-refractivity contribution in [3.05, 3.63) is 35.4 Å². The van der Waals surface area contributed by atoms with Gasteiger partial charge < -0.3 is 29.5 Å². The average Bonchev–Trinajstić information content (AvgIpc) is 4.01. The highest BCUT2D eigenvalue weighted by Gasteiger charge is 2.84. The van der Waals surface area contributed by atoms with Crippen LogP contribution < -0.4 is 5.32 Å². The Bertz CT molecular complexity index is 1550. The Morgan fingerprint density at radius 3 is 2.48 bits per heavy atom. The molecule has 2 aliphatic heterocycles. The Labute approximate surface area is 309 Å². The number of aliphatic hydroxyl groups excluding tert-OH is 1. The van der Waals surface area contributed by atoms with Crippen LogP contribution in [0.15, 0.2) is 18.2 Å². The number of ether oxygens (including phenoxy) is 3. The lowest BCUT2D eigenvalue weighted by molar-refractivity contribution is -0.248. The van der Waals surface area contributed by atoms with Gasteiger partial charge >= 0.3 is 0 Å². The first-order valence-electron chi connectivity index (χ1n) is 20.8. The summed E-state index contributed by atoms with van der Waals surface area (Å²) in [6, 6.07) is 3.65. The first-order chi connectivity index (χ1) is 24.7. The first kappa shape index (κ1) is 36.0. The second-order valence-corrected chi connectivity index (χ2v) is 20.0. The minimum absolute atomic E-state index is 0.00249. The van der Waals surface area contributed by atoms with Crippen LogP contribution in [-0.4, -0.2) is 72.9 Å². The van der Waals surface area contributed by atoms with Crippen molar-refractivity contribution >= 4 is 5.91 Å². The molecule has 0 aromatic heterocycles. The van der Waals surface area contributed by atoms with Crippen molar-refractivity contribution in [2.45, 2.75) is 142 Å². The van der Waals surface area contributed by atoms with Crippen molar-refractivity contribution in [1.82, 2.24) is 10.2 Å². The van der Waals surface area contributed by atoms with Gasteiger partial charge in [-0.25, -0.2) is 8.78 Å². The molecular formula is C43H62F2N2O5. The number of rotatable bonds is 8. The van der Waals surface area contributed by atoms with Crippen molar-refractivity contribution in [2.75, 3.05) is 26.2 Å². The van der Waals surface area contributed by atoms with Gasteiger partial charge in [0.15, 0.2) is 6.29 Å². The molecule has 1 aromatic rings. The van der Waals surface area contributed by atoms with Crippen LogP contribution in [0.3, 0.4) is 0 Å². The molecule has 6 saturated carbocycles. The number of benzene rings is 1. The average molecular weight is 725 g/mol. The number of hydrogen-bond acceptors (Lipinski definition) is 6. The molecule has 2 spiro atoms. The minimum atomic E-state index is -0.562. The molecule has 0 bridgehead atoms. The third kappa shape index (κ3) is 5.28. The maximum Gasteiger partial charge on any atom is 0.223 e. The zero-order valence-corrected chi connectivity index (χ0v) is 32.1. The van der Waals surface area contributed by atoms with Crippen LogP contribution in [0.1, 0.15) is 111 Å². The van der Waals surface area contributed by atoms with Gasteiger partial charge in [0.25, 0.3) is 0 Å². The second-order valence-electron chi connectivity index (χ2n) is 20.0. The van der Waals surface area contributed by atoms with E-state index in [0.29, 0.717) is 79.8 Å². The van der Waals surface area contributed by atoms with Gasteiger partial charge in [0.05, 0.1) is 37.6 Å². The minimum Gasteiger partial charge on any atom is -0.390 e. The summed E-state index contributed by atoms with van der Waals surface area (Å²) >= 11 is 0. The maximum atomic E-state index is 13.8. The summed E-state index contributed by atoms with van der Waals surface area (Å²) in [6.07, 6.45) is 11.1. The van der Waals surface area contributed by atoms with E-state index in [0.717, 1.165) is 38.2 Å². The van der Waals surface area contributed by atoms with E-state index in [1.807, 2.05) is 4.90 Å². The first-order valence-corrected chi connectivity index (χ1v) is 20.8. The molecule has 8 aliphatic rings. The van der Waals surface area contributed by atoms with E-state index in [-0.39, 0.29) is 52.2 Å². The van der Waals surface area contributed by atoms with Crippen molar-refractivity contribution in [3.8, 4) is 0 Å². The molecule has 1 aromatic carbocycles. The Kier molecular flexibility index (Phi) is 8.61. The summed E-state index contributed by atoms with van der Waals surface area (Å²) in [5, 5.41) is 15.9. The fraction of sp³-hybridized carbons (Fsp3) is 0.837. The van der Waals surface area contributed by atoms with E-state index in [1.165, 1.54) is 44.2 Å². The van der Waals surface area contributed by atoms with Crippen molar-refractivity contribution in [1.29, 1.82) is 0 Å². The number of fused-ring (bicyclic) bond motifs is 4. The molecule has 8 fully saturated rings. The fourth-order valence-electron chi connectivity index (χ4n) is 14.7. The van der Waals surface area contributed by atoms with Crippen LogP contribution in [0.2, 0.25) is 0 Å². The van der Waals surface area contributed by atoms with Gasteiger partial charge in [-0.15, -0.1) is 0 Å². The summed E-state index contributed by atoms with van der Waals surface area (Å²) in [7, 11) is 0. The number of aliphatic hydroxyl groups is 1. The Morgan fingerprint density at radius 2 is 1.73 bits per heavy atom. The molecule has 9 heteroatoms. The number of carbonyl (C=O) groups is 1. The van der Waals surface area contributed by atoms with Crippen LogP contribution >= 0.6 is 0 Å². The molecule has 1 amide bonds. The summed E-state index contributed by atoms with van der Waals surface area (Å²) in [5.41, 5.74) is 0.908. The van der Waals surface area contributed by atoms with Crippen LogP contribution in [0.4, 0.5) is 8.78 Å². The van der Waals surface area contributed by atoms with Crippen LogP contribution in [-0.2, 0) is 25.5 Å². The van der Waals surface area contributed by atoms with Crippen molar-refractivity contribution in [3.63, 3.8) is 0 Å². The quantitative estimate of drug-likeness (QED) is 0.295. The normalized spacial score (nSPS) is 47.5. The van der Waals surface area contributed by atoms with Crippen molar-refractivity contribution < 1.29 is 32.9 Å². The molecule has 2 heterocycles. The molecule has 6 aliphatic carbocycles. The Hall–Kier alpha value is -1.65. The number of halogens is 2. The van der Waals surface area contributed by atoms with Crippen LogP contribution in [0, 0.1) is 68.3 Å². The van der Waals surface area contributed by atoms with Crippen LogP contribution in [0.5, 0.6) is 0 Å². The lowest BCUT2D eigenvalue weighted by Crippen LogP contribution is -2.60. The predicted octanol–water partition coefficient (Wildman–Crippen LogP) is 7.24. The summed E-state index contributed by atoms with van der Waals surface area (Å²) < 4.78 is 47.4. The highest BCUT2D eigenvalue weighted by molar-refractivity contribution is 5.76. The molecule has 0 radical (unpaired) electrons. The Balaban J connectivity index is 0.886. The summed E-state index contributed by atoms with van der Waals surface area (Å²) in [6.45, 7) is 14.9. The van der Waals surface area contributed by atoms with Gasteiger partial charge in [-0.1, -0.05) is 34.6 Å². The van der Waals surface area contributed by atoms with E-state index in [4.69, 9.17) is 14.2 Å². The van der Waals surface area contributed by atoms with Crippen LogP contribution in [0.25, 0.3) is 0 Å². The summed E-state index contributed by atoms with van der Waals surface area (Å²) in [4.78, 5) is 14.9. The molecule has 288 valence electrons. The molecule has 9 rings (SSSR count). The van der Waals surface area contributed by atoms with Gasteiger partial charge in [-0.05, 0) is 133 Å². The molecule has 52 heavy (non-hydrogen) atoms. The highest BCUT2D eigenvalue weighted by Crippen LogP contribution is 2.89. The molecule has 7 nitrogen and oxygen atoms in total. The molecule has 5 unspecified atom stereocenters. The number of carbonyl (C=O) groups excluding carboxylic acids is 1. The fourth-order valence-corrected chi connectivity index (χ4v) is 14.7. The number of morpholine rings is 1. The number of hydrogen-bond donors (Lipinski definition) is 2. The third-order valence-electron chi connectivity index (χ3n) is 17.3. The molecule has 2 saturated heterocycles. The number of nitrogens with zero attached hydrogens (tertiary/aromatic N) is 1. The highest BCUT2D eigenvalue weighted by atomic mass is 19.1. The predicted molar refractivity (Wildman–Crippen MR) is 193 cm³/mol. The lowest BCUT2D eigenvalue weighted by atomic mass is 9.41. The smallest absolute Gasteiger partial charge is 0.223 e. The molecule has 2 N–H and O–H groups in total. The Morgan fingerprint density at radius 1 is 1.00 bits per heavy atom. The zero-order valence-electron chi connectivity index (χ0n) is 32.1. The number of amides is 1. The van der Waals surface area contributed by atoms with Gasteiger partial charge in [0.2, 0.25) is 5.91 Å². The van der Waals surface area contributed by atoms with Gasteiger partial charge in [-0.2, -0.15) is 0 Å². The van der Waals surface area contributed by atoms with Gasteiger partial charge in [-0.3, -0.25) is 4.79 Å². The monoisotopic (exact) mass is 724 g/mol. The molecular weight excluding hydrogens is 662 g/mol. The van der Waals surface area contributed by atoms with E-state index in [2.05, 4.69) is 39.9 Å². The topological polar surface area (TPSA) is 80.3 Å². The SMILES string of the molecule is C[C@@H]1CC(CNCc2cc(F)cc(F)c2)OC2C1[C@@]1(C)CCC34C[C@@]35CCC(O[C@H]3CN(C(=O)CC6CC6)CCO3)C(C)(C)[C@@H]5CC[C@H]4[C@]1(C)[C@H]2O. The summed E-state index contributed by atoms with van der Waals surface area (Å²) in [5.74, 6) is 1.47. The largest absolute Gasteiger partial charge is 0.390 e. The van der Waals surface area contributed by atoms with E-state index in [9.17, 15) is 18.7 Å². The van der Waals surface area contributed by atoms with E-state index in [1.54, 1.807) is 0 Å². The lowest BCUT2D eigenvalue weighted by Gasteiger charge is -2.64. The number of nitrogens with one attached hydrogen (secondary N) is 1.